The molecule has 3 nitrogen and oxygen atoms in total. The van der Waals surface area contributed by atoms with Gasteiger partial charge < -0.3 is 5.11 Å². The fraction of sp³-hybridized carbons (Fsp3) is 0. The summed E-state index contributed by atoms with van der Waals surface area (Å²) in [5.41, 5.74) is 1.74. The summed E-state index contributed by atoms with van der Waals surface area (Å²) in [4.78, 5) is 22.1. The number of hydrogen-bond acceptors (Lipinski definition) is 4. The molecule has 2 aromatic heterocycles. The van der Waals surface area contributed by atoms with Gasteiger partial charge in [-0.1, -0.05) is 0 Å². The van der Waals surface area contributed by atoms with E-state index in [0.717, 1.165) is 17.4 Å². The summed E-state index contributed by atoms with van der Waals surface area (Å²) < 4.78 is 0. The van der Waals surface area contributed by atoms with Gasteiger partial charge in [-0.2, -0.15) is 0 Å². The molecule has 0 aromatic carbocycles. The zero-order valence-electron chi connectivity index (χ0n) is 7.47. The third-order valence-corrected chi connectivity index (χ3v) is 3.66. The Balaban J connectivity index is 2.36. The zero-order chi connectivity index (χ0) is 10.8. The van der Waals surface area contributed by atoms with Crippen LogP contribution in [-0.4, -0.2) is 17.4 Å². The van der Waals surface area contributed by atoms with Crippen molar-refractivity contribution in [2.45, 2.75) is 0 Å². The van der Waals surface area contributed by atoms with Crippen LogP contribution in [0.3, 0.4) is 0 Å². The predicted octanol–water partition coefficient (Wildman–Crippen LogP) is 2.99. The second-order valence-corrected chi connectivity index (χ2v) is 4.71. The van der Waals surface area contributed by atoms with Crippen molar-refractivity contribution >= 4 is 34.9 Å². The van der Waals surface area contributed by atoms with E-state index in [2.05, 4.69) is 0 Å². The summed E-state index contributed by atoms with van der Waals surface area (Å²) in [6.07, 6.45) is 0.790. The van der Waals surface area contributed by atoms with E-state index in [0.29, 0.717) is 9.75 Å². The lowest BCUT2D eigenvalue weighted by molar-refractivity contribution is 0.0702. The minimum Gasteiger partial charge on any atom is -0.477 e. The first-order valence-corrected chi connectivity index (χ1v) is 5.82. The number of rotatable bonds is 3. The van der Waals surface area contributed by atoms with Crippen LogP contribution in [0, 0.1) is 0 Å². The number of hydrogen-bond donors (Lipinski definition) is 1. The molecule has 5 heteroatoms. The van der Waals surface area contributed by atoms with Crippen LogP contribution in [0.25, 0.3) is 11.1 Å². The van der Waals surface area contributed by atoms with Crippen LogP contribution in [0.2, 0.25) is 0 Å². The Morgan fingerprint density at radius 2 is 1.87 bits per heavy atom. The molecule has 0 aliphatic rings. The second-order valence-electron chi connectivity index (χ2n) is 2.86. The smallest absolute Gasteiger partial charge is 0.345 e. The Labute approximate surface area is 93.6 Å². The average molecular weight is 238 g/mol. The number of aromatic carboxylic acids is 1. The molecule has 2 aromatic rings. The topological polar surface area (TPSA) is 54.4 Å². The molecule has 0 spiro atoms. The number of aldehydes is 1. The molecule has 0 saturated heterocycles. The highest BCUT2D eigenvalue weighted by molar-refractivity contribution is 7.13. The van der Waals surface area contributed by atoms with Crippen LogP contribution in [0.1, 0.15) is 19.3 Å². The molecule has 0 aliphatic heterocycles. The molecule has 15 heavy (non-hydrogen) atoms. The molecule has 0 fully saturated rings. The highest BCUT2D eigenvalue weighted by Gasteiger charge is 2.09. The van der Waals surface area contributed by atoms with E-state index in [1.165, 1.54) is 22.7 Å². The zero-order valence-corrected chi connectivity index (χ0v) is 9.10. The van der Waals surface area contributed by atoms with Gasteiger partial charge in [0, 0.05) is 0 Å². The van der Waals surface area contributed by atoms with E-state index >= 15 is 0 Å². The summed E-state index contributed by atoms with van der Waals surface area (Å²) >= 11 is 2.54. The van der Waals surface area contributed by atoms with Crippen molar-refractivity contribution in [2.75, 3.05) is 0 Å². The third kappa shape index (κ3) is 1.98. The molecule has 0 unspecified atom stereocenters. The highest BCUT2D eigenvalue weighted by atomic mass is 32.1. The summed E-state index contributed by atoms with van der Waals surface area (Å²) in [5, 5.41) is 12.4. The van der Waals surface area contributed by atoms with Gasteiger partial charge in [0.25, 0.3) is 0 Å². The summed E-state index contributed by atoms with van der Waals surface area (Å²) in [7, 11) is 0. The molecule has 0 atom stereocenters. The van der Waals surface area contributed by atoms with Crippen LogP contribution >= 0.6 is 22.7 Å². The predicted molar refractivity (Wildman–Crippen MR) is 60.0 cm³/mol. The molecule has 0 radical (unpaired) electrons. The molecule has 0 aliphatic carbocycles. The summed E-state index contributed by atoms with van der Waals surface area (Å²) in [5.74, 6) is -0.919. The Bertz CT molecular complexity index is 510. The van der Waals surface area contributed by atoms with Gasteiger partial charge in [0.05, 0.1) is 4.88 Å². The van der Waals surface area contributed by atoms with Crippen LogP contribution in [-0.2, 0) is 0 Å². The van der Waals surface area contributed by atoms with Crippen molar-refractivity contribution in [1.29, 1.82) is 0 Å². The highest BCUT2D eigenvalue weighted by Crippen LogP contribution is 2.28. The van der Waals surface area contributed by atoms with E-state index in [-0.39, 0.29) is 0 Å². The first-order chi connectivity index (χ1) is 7.20. The van der Waals surface area contributed by atoms with E-state index in [4.69, 9.17) is 5.11 Å². The molecular weight excluding hydrogens is 232 g/mol. The Hall–Kier alpha value is -1.46. The van der Waals surface area contributed by atoms with Crippen molar-refractivity contribution in [3.05, 3.63) is 32.6 Å². The second kappa shape index (κ2) is 3.96. The maximum Gasteiger partial charge on any atom is 0.345 e. The number of carbonyl (C=O) groups is 2. The lowest BCUT2D eigenvalue weighted by Gasteiger charge is -1.87. The van der Waals surface area contributed by atoms with E-state index in [9.17, 15) is 9.59 Å². The van der Waals surface area contributed by atoms with Gasteiger partial charge in [0.2, 0.25) is 0 Å². The number of carboxylic acid groups (broad SMARTS) is 1. The van der Waals surface area contributed by atoms with Gasteiger partial charge in [-0.05, 0) is 34.0 Å². The van der Waals surface area contributed by atoms with E-state index in [1.54, 1.807) is 17.5 Å². The number of thiophene rings is 2. The first-order valence-electron chi connectivity index (χ1n) is 4.06. The molecule has 2 heterocycles. The largest absolute Gasteiger partial charge is 0.477 e. The minimum atomic E-state index is -0.919. The Kier molecular flexibility index (Phi) is 2.66. The van der Waals surface area contributed by atoms with Gasteiger partial charge in [0.1, 0.15) is 4.88 Å². The average Bonchev–Trinajstić information content (AvgIpc) is 2.86. The maximum absolute atomic E-state index is 10.7. The van der Waals surface area contributed by atoms with Crippen LogP contribution < -0.4 is 0 Å². The molecule has 0 bridgehead atoms. The maximum atomic E-state index is 10.7. The van der Waals surface area contributed by atoms with Crippen molar-refractivity contribution in [1.82, 2.24) is 0 Å². The van der Waals surface area contributed by atoms with E-state index < -0.39 is 5.97 Å². The van der Waals surface area contributed by atoms with Crippen molar-refractivity contribution in [3.63, 3.8) is 0 Å². The Morgan fingerprint density at radius 1 is 1.20 bits per heavy atom. The Morgan fingerprint density at radius 3 is 2.40 bits per heavy atom. The fourth-order valence-corrected chi connectivity index (χ4v) is 2.64. The molecule has 0 saturated carbocycles. The molecule has 76 valence electrons. The monoisotopic (exact) mass is 238 g/mol. The van der Waals surface area contributed by atoms with Gasteiger partial charge in [-0.3, -0.25) is 4.79 Å². The van der Waals surface area contributed by atoms with Crippen molar-refractivity contribution in [2.24, 2.45) is 0 Å². The third-order valence-electron chi connectivity index (χ3n) is 1.88. The molecular formula is C10H6O3S2. The standard InChI is InChI=1S/C10H6O3S2/c11-3-8-1-6(4-14-8)7-2-9(10(12)13)15-5-7/h1-5H,(H,12,13). The van der Waals surface area contributed by atoms with E-state index in [1.807, 2.05) is 5.38 Å². The molecule has 1 N–H and O–H groups in total. The van der Waals surface area contributed by atoms with Gasteiger partial charge in [0.15, 0.2) is 6.29 Å². The van der Waals surface area contributed by atoms with Crippen LogP contribution in [0.5, 0.6) is 0 Å². The van der Waals surface area contributed by atoms with Gasteiger partial charge in [-0.25, -0.2) is 4.79 Å². The molecule has 0 amide bonds. The first kappa shape index (κ1) is 10.1. The fourth-order valence-electron chi connectivity index (χ4n) is 1.17. The SMILES string of the molecule is O=Cc1cc(-c2csc(C(=O)O)c2)cs1. The lowest BCUT2D eigenvalue weighted by atomic mass is 10.2. The van der Waals surface area contributed by atoms with Gasteiger partial charge in [-0.15, -0.1) is 22.7 Å². The normalized spacial score (nSPS) is 10.1. The summed E-state index contributed by atoms with van der Waals surface area (Å²) in [6, 6.07) is 3.37. The summed E-state index contributed by atoms with van der Waals surface area (Å²) in [6.45, 7) is 0. The number of carboxylic acids is 1. The lowest BCUT2D eigenvalue weighted by Crippen LogP contribution is -1.89. The minimum absolute atomic E-state index is 0.309. The van der Waals surface area contributed by atoms with Crippen molar-refractivity contribution in [3.8, 4) is 11.1 Å². The number of carbonyl (C=O) groups excluding carboxylic acids is 1. The van der Waals surface area contributed by atoms with Crippen LogP contribution in [0.4, 0.5) is 0 Å². The molecule has 2 rings (SSSR count). The van der Waals surface area contributed by atoms with Gasteiger partial charge >= 0.3 is 5.97 Å². The quantitative estimate of drug-likeness (QED) is 0.836. The van der Waals surface area contributed by atoms with Crippen molar-refractivity contribution < 1.29 is 14.7 Å². The van der Waals surface area contributed by atoms with Crippen LogP contribution in [0.15, 0.2) is 22.9 Å².